The topological polar surface area (TPSA) is 61.9 Å². The van der Waals surface area contributed by atoms with Gasteiger partial charge in [0.15, 0.2) is 11.6 Å². The first-order valence-electron chi connectivity index (χ1n) is 15.2. The second-order valence-corrected chi connectivity index (χ2v) is 10.9. The average Bonchev–Trinajstić information content (AvgIpc) is 3.27. The molecule has 45 heavy (non-hydrogen) atoms. The van der Waals surface area contributed by atoms with Crippen molar-refractivity contribution in [1.82, 2.24) is 0 Å². The second kappa shape index (κ2) is 13.9. The third-order valence-corrected chi connectivity index (χ3v) is 7.88. The number of amides is 2. The number of fused-ring (bicyclic) bond motifs is 1. The number of hydrogen-bond acceptors (Lipinski definition) is 4. The fourth-order valence-electron chi connectivity index (χ4n) is 5.66. The molecule has 226 valence electrons. The van der Waals surface area contributed by atoms with E-state index in [1.165, 1.54) is 6.07 Å². The van der Waals surface area contributed by atoms with E-state index in [1.54, 1.807) is 42.5 Å². The summed E-state index contributed by atoms with van der Waals surface area (Å²) in [5, 5.41) is 2.98. The van der Waals surface area contributed by atoms with Crippen LogP contribution >= 0.6 is 0 Å². The number of carbonyl (C=O) groups is 2. The van der Waals surface area contributed by atoms with Gasteiger partial charge in [-0.2, -0.15) is 0 Å². The Morgan fingerprint density at radius 1 is 0.733 bits per heavy atom. The number of nitrogens with one attached hydrogen (secondary N) is 1. The molecule has 0 unspecified atom stereocenters. The number of hydrogen-bond donors (Lipinski definition) is 1. The molecule has 1 aliphatic heterocycles. The highest BCUT2D eigenvalue weighted by molar-refractivity contribution is 6.10. The molecule has 1 heterocycles. The van der Waals surface area contributed by atoms with Crippen LogP contribution in [0.4, 0.5) is 21.5 Å². The third kappa shape index (κ3) is 6.88. The van der Waals surface area contributed by atoms with E-state index >= 15 is 0 Å². The number of rotatable bonds is 9. The van der Waals surface area contributed by atoms with Crippen LogP contribution in [-0.2, 0) is 0 Å². The standard InChI is InChI=1S/C38H34FN3O3/c39-33-16-6-9-19-36(33)45-27-11-25-41-24-10-26-42(35-18-8-7-17-34(35)41)38(44)29-20-22-30(23-21-29)40-37(43)32-15-5-4-14-31(32)28-12-2-1-3-13-28/h1-9,12-23H,10-11,24-27H2,(H,40,43). The number of anilines is 3. The van der Waals surface area contributed by atoms with E-state index in [0.29, 0.717) is 36.4 Å². The van der Waals surface area contributed by atoms with Crippen LogP contribution in [0, 0.1) is 5.82 Å². The van der Waals surface area contributed by atoms with Gasteiger partial charge in [0.25, 0.3) is 11.8 Å². The molecule has 0 saturated heterocycles. The Morgan fingerprint density at radius 3 is 2.22 bits per heavy atom. The summed E-state index contributed by atoms with van der Waals surface area (Å²) in [6.45, 7) is 2.47. The molecule has 6 rings (SSSR count). The van der Waals surface area contributed by atoms with Gasteiger partial charge in [-0.15, -0.1) is 0 Å². The van der Waals surface area contributed by atoms with E-state index in [2.05, 4.69) is 10.2 Å². The number of para-hydroxylation sites is 3. The molecule has 0 spiro atoms. The van der Waals surface area contributed by atoms with E-state index in [-0.39, 0.29) is 23.4 Å². The largest absolute Gasteiger partial charge is 0.490 e. The highest BCUT2D eigenvalue weighted by atomic mass is 19.1. The molecule has 0 aliphatic carbocycles. The molecule has 0 bridgehead atoms. The molecule has 0 saturated carbocycles. The molecule has 6 nitrogen and oxygen atoms in total. The van der Waals surface area contributed by atoms with Crippen molar-refractivity contribution in [2.24, 2.45) is 0 Å². The maximum atomic E-state index is 13.9. The summed E-state index contributed by atoms with van der Waals surface area (Å²) < 4.78 is 19.6. The Morgan fingerprint density at radius 2 is 1.42 bits per heavy atom. The van der Waals surface area contributed by atoms with Crippen molar-refractivity contribution in [2.75, 3.05) is 41.4 Å². The van der Waals surface area contributed by atoms with Gasteiger partial charge in [0.1, 0.15) is 0 Å². The van der Waals surface area contributed by atoms with Crippen LogP contribution in [-0.4, -0.2) is 38.1 Å². The molecule has 5 aromatic carbocycles. The molecule has 1 aliphatic rings. The maximum Gasteiger partial charge on any atom is 0.258 e. The van der Waals surface area contributed by atoms with Gasteiger partial charge in [0.05, 0.1) is 18.0 Å². The average molecular weight is 600 g/mol. The Labute approximate surface area is 262 Å². The summed E-state index contributed by atoms with van der Waals surface area (Å²) in [6, 6.07) is 38.7. The fourth-order valence-corrected chi connectivity index (χ4v) is 5.66. The van der Waals surface area contributed by atoms with Crippen molar-refractivity contribution in [2.45, 2.75) is 12.8 Å². The van der Waals surface area contributed by atoms with Crippen molar-refractivity contribution < 1.29 is 18.7 Å². The molecule has 5 aromatic rings. The number of halogens is 1. The van der Waals surface area contributed by atoms with Crippen LogP contribution in [0.15, 0.2) is 127 Å². The summed E-state index contributed by atoms with van der Waals surface area (Å²) in [5.74, 6) is -0.419. The zero-order chi connectivity index (χ0) is 31.0. The molecule has 0 atom stereocenters. The summed E-state index contributed by atoms with van der Waals surface area (Å²) in [4.78, 5) is 31.1. The number of benzene rings is 5. The maximum absolute atomic E-state index is 13.9. The summed E-state index contributed by atoms with van der Waals surface area (Å²) >= 11 is 0. The minimum Gasteiger partial charge on any atom is -0.490 e. The normalized spacial score (nSPS) is 12.6. The summed E-state index contributed by atoms with van der Waals surface area (Å²) in [7, 11) is 0. The third-order valence-electron chi connectivity index (χ3n) is 7.88. The lowest BCUT2D eigenvalue weighted by molar-refractivity contribution is 0.0986. The van der Waals surface area contributed by atoms with Crippen molar-refractivity contribution in [1.29, 1.82) is 0 Å². The minimum absolute atomic E-state index is 0.0977. The molecule has 0 radical (unpaired) electrons. The van der Waals surface area contributed by atoms with Gasteiger partial charge in [0.2, 0.25) is 0 Å². The molecular weight excluding hydrogens is 565 g/mol. The van der Waals surface area contributed by atoms with Gasteiger partial charge in [-0.25, -0.2) is 4.39 Å². The van der Waals surface area contributed by atoms with Crippen molar-refractivity contribution in [3.05, 3.63) is 144 Å². The highest BCUT2D eigenvalue weighted by Gasteiger charge is 2.25. The van der Waals surface area contributed by atoms with E-state index < -0.39 is 0 Å². The van der Waals surface area contributed by atoms with Crippen LogP contribution < -0.4 is 19.9 Å². The molecule has 1 N–H and O–H groups in total. The van der Waals surface area contributed by atoms with E-state index in [1.807, 2.05) is 83.8 Å². The fraction of sp³-hybridized carbons (Fsp3) is 0.158. The van der Waals surface area contributed by atoms with Crippen LogP contribution in [0.5, 0.6) is 5.75 Å². The number of ether oxygens (including phenoxy) is 1. The molecule has 0 aromatic heterocycles. The Hall–Kier alpha value is -5.43. The Balaban J connectivity index is 1.12. The van der Waals surface area contributed by atoms with Crippen LogP contribution in [0.1, 0.15) is 33.6 Å². The van der Waals surface area contributed by atoms with Crippen molar-refractivity contribution in [3.63, 3.8) is 0 Å². The van der Waals surface area contributed by atoms with Crippen LogP contribution in [0.2, 0.25) is 0 Å². The second-order valence-electron chi connectivity index (χ2n) is 10.9. The highest BCUT2D eigenvalue weighted by Crippen LogP contribution is 2.33. The zero-order valence-electron chi connectivity index (χ0n) is 24.9. The van der Waals surface area contributed by atoms with E-state index in [0.717, 1.165) is 42.0 Å². The van der Waals surface area contributed by atoms with Gasteiger partial charge in [0, 0.05) is 36.4 Å². The first-order valence-corrected chi connectivity index (χ1v) is 15.2. The summed E-state index contributed by atoms with van der Waals surface area (Å²) in [6.07, 6.45) is 1.50. The zero-order valence-corrected chi connectivity index (χ0v) is 24.9. The SMILES string of the molecule is O=C(Nc1ccc(C(=O)N2CCCN(CCCOc3ccccc3F)c3ccccc32)cc1)c1ccccc1-c1ccccc1. The smallest absolute Gasteiger partial charge is 0.258 e. The first kappa shape index (κ1) is 29.6. The van der Waals surface area contributed by atoms with E-state index in [4.69, 9.17) is 4.74 Å². The van der Waals surface area contributed by atoms with Gasteiger partial charge in [-0.3, -0.25) is 9.59 Å². The van der Waals surface area contributed by atoms with E-state index in [9.17, 15) is 14.0 Å². The quantitative estimate of drug-likeness (QED) is 0.174. The van der Waals surface area contributed by atoms with Crippen molar-refractivity contribution >= 4 is 28.9 Å². The predicted octanol–water partition coefficient (Wildman–Crippen LogP) is 8.07. The Kier molecular flexibility index (Phi) is 9.16. The monoisotopic (exact) mass is 599 g/mol. The van der Waals surface area contributed by atoms with Crippen LogP contribution in [0.25, 0.3) is 11.1 Å². The summed E-state index contributed by atoms with van der Waals surface area (Å²) in [5.41, 5.74) is 5.39. The molecule has 2 amide bonds. The van der Waals surface area contributed by atoms with Gasteiger partial charge < -0.3 is 19.9 Å². The van der Waals surface area contributed by atoms with Gasteiger partial charge in [-0.1, -0.05) is 72.8 Å². The minimum atomic E-state index is -0.365. The lowest BCUT2D eigenvalue weighted by atomic mass is 9.99. The van der Waals surface area contributed by atoms with Gasteiger partial charge in [-0.05, 0) is 78.6 Å². The lowest BCUT2D eigenvalue weighted by Crippen LogP contribution is -2.31. The van der Waals surface area contributed by atoms with Crippen molar-refractivity contribution in [3.8, 4) is 16.9 Å². The van der Waals surface area contributed by atoms with Gasteiger partial charge >= 0.3 is 0 Å². The lowest BCUT2D eigenvalue weighted by Gasteiger charge is -2.27. The number of nitrogens with zero attached hydrogens (tertiary/aromatic N) is 2. The first-order chi connectivity index (χ1) is 22.1. The Bertz CT molecular complexity index is 1780. The predicted molar refractivity (Wildman–Crippen MR) is 178 cm³/mol. The molecule has 7 heteroatoms. The molecular formula is C38H34FN3O3. The van der Waals surface area contributed by atoms with Crippen LogP contribution in [0.3, 0.4) is 0 Å². The molecule has 0 fully saturated rings. The number of carbonyl (C=O) groups excluding carboxylic acids is 2.